The summed E-state index contributed by atoms with van der Waals surface area (Å²) in [7, 11) is 0. The van der Waals surface area contributed by atoms with Crippen LogP contribution in [0.3, 0.4) is 0 Å². The van der Waals surface area contributed by atoms with Gasteiger partial charge >= 0.3 is 0 Å². The van der Waals surface area contributed by atoms with Crippen molar-refractivity contribution in [2.24, 2.45) is 0 Å². The van der Waals surface area contributed by atoms with Gasteiger partial charge in [-0.3, -0.25) is 4.79 Å². The van der Waals surface area contributed by atoms with Crippen LogP contribution in [0.1, 0.15) is 36.8 Å². The normalized spacial score (nSPS) is 22.8. The summed E-state index contributed by atoms with van der Waals surface area (Å²) >= 11 is 0. The fourth-order valence-corrected chi connectivity index (χ4v) is 3.52. The predicted octanol–water partition coefficient (Wildman–Crippen LogP) is 2.20. The van der Waals surface area contributed by atoms with Crippen molar-refractivity contribution in [3.63, 3.8) is 0 Å². The minimum absolute atomic E-state index is 0.0630. The molecular weight excluding hydrogens is 236 g/mol. The van der Waals surface area contributed by atoms with E-state index >= 15 is 0 Å². The summed E-state index contributed by atoms with van der Waals surface area (Å²) < 4.78 is 0. The maximum atomic E-state index is 12.2. The highest BCUT2D eigenvalue weighted by Crippen LogP contribution is 2.39. The number of amides is 1. The zero-order chi connectivity index (χ0) is 13.3. The number of benzene rings is 1. The molecule has 2 fully saturated rings. The van der Waals surface area contributed by atoms with Crippen molar-refractivity contribution in [3.8, 4) is 0 Å². The summed E-state index contributed by atoms with van der Waals surface area (Å²) in [5.74, 6) is 0.336. The monoisotopic (exact) mass is 258 g/mol. The summed E-state index contributed by atoms with van der Waals surface area (Å²) in [6.07, 6.45) is 3.80. The molecule has 2 heterocycles. The maximum absolute atomic E-state index is 12.2. The molecular formula is C16H22N2O. The second-order valence-corrected chi connectivity index (χ2v) is 5.80. The van der Waals surface area contributed by atoms with Gasteiger partial charge in [0.05, 0.1) is 5.54 Å². The third kappa shape index (κ3) is 2.16. The highest BCUT2D eigenvalue weighted by molar-refractivity contribution is 5.79. The molecule has 1 amide bonds. The van der Waals surface area contributed by atoms with Crippen LogP contribution in [0.25, 0.3) is 0 Å². The molecule has 19 heavy (non-hydrogen) atoms. The molecule has 0 spiro atoms. The van der Waals surface area contributed by atoms with Crippen molar-refractivity contribution in [1.29, 1.82) is 0 Å². The summed E-state index contributed by atoms with van der Waals surface area (Å²) in [6, 6.07) is 8.76. The molecule has 3 rings (SSSR count). The predicted molar refractivity (Wildman–Crippen MR) is 75.9 cm³/mol. The van der Waals surface area contributed by atoms with Gasteiger partial charge in [0, 0.05) is 13.0 Å². The summed E-state index contributed by atoms with van der Waals surface area (Å²) in [5.41, 5.74) is 2.53. The molecule has 1 aromatic rings. The largest absolute Gasteiger partial charge is 0.333 e. The smallest absolute Gasteiger partial charge is 0.223 e. The van der Waals surface area contributed by atoms with Crippen molar-refractivity contribution >= 4 is 5.91 Å². The van der Waals surface area contributed by atoms with E-state index < -0.39 is 0 Å². The molecule has 1 N–H and O–H groups in total. The molecule has 2 aliphatic rings. The van der Waals surface area contributed by atoms with Crippen LogP contribution in [-0.4, -0.2) is 30.4 Å². The molecule has 0 radical (unpaired) electrons. The number of nitrogens with zero attached hydrogens (tertiary/aromatic N) is 1. The van der Waals surface area contributed by atoms with E-state index in [9.17, 15) is 4.79 Å². The number of rotatable bonds is 2. The number of aryl methyl sites for hydroxylation is 1. The highest BCUT2D eigenvalue weighted by atomic mass is 16.2. The summed E-state index contributed by atoms with van der Waals surface area (Å²) in [5, 5.41) is 3.42. The minimum atomic E-state index is -0.0630. The second-order valence-electron chi connectivity index (χ2n) is 5.80. The highest BCUT2D eigenvalue weighted by Gasteiger charge is 2.43. The lowest BCUT2D eigenvalue weighted by atomic mass is 9.79. The van der Waals surface area contributed by atoms with Crippen molar-refractivity contribution < 1.29 is 4.79 Å². The first-order chi connectivity index (χ1) is 9.22. The Morgan fingerprint density at radius 3 is 2.42 bits per heavy atom. The quantitative estimate of drug-likeness (QED) is 0.882. The Labute approximate surface area is 115 Å². The fraction of sp³-hybridized carbons (Fsp3) is 0.562. The molecule has 3 nitrogen and oxygen atoms in total. The van der Waals surface area contributed by atoms with Gasteiger partial charge < -0.3 is 10.2 Å². The Balaban J connectivity index is 2.00. The third-order valence-electron chi connectivity index (χ3n) is 4.61. The Hall–Kier alpha value is -1.35. The lowest BCUT2D eigenvalue weighted by Gasteiger charge is -2.45. The Morgan fingerprint density at radius 1 is 1.16 bits per heavy atom. The number of nitrogens with one attached hydrogen (secondary N) is 1. The van der Waals surface area contributed by atoms with Crippen LogP contribution in [-0.2, 0) is 10.3 Å². The van der Waals surface area contributed by atoms with Crippen LogP contribution in [0.4, 0.5) is 0 Å². The van der Waals surface area contributed by atoms with Gasteiger partial charge in [0.15, 0.2) is 0 Å². The van der Waals surface area contributed by atoms with E-state index in [0.717, 1.165) is 45.3 Å². The van der Waals surface area contributed by atoms with Gasteiger partial charge in [0.2, 0.25) is 5.91 Å². The molecule has 0 aliphatic carbocycles. The average Bonchev–Trinajstić information content (AvgIpc) is 2.87. The number of hydrogen-bond donors (Lipinski definition) is 1. The van der Waals surface area contributed by atoms with Crippen molar-refractivity contribution in [1.82, 2.24) is 10.2 Å². The molecule has 1 aromatic carbocycles. The van der Waals surface area contributed by atoms with Crippen LogP contribution in [0.2, 0.25) is 0 Å². The average molecular weight is 258 g/mol. The first kappa shape index (κ1) is 12.7. The summed E-state index contributed by atoms with van der Waals surface area (Å²) in [6.45, 7) is 5.03. The van der Waals surface area contributed by atoms with Gasteiger partial charge in [-0.25, -0.2) is 0 Å². The zero-order valence-corrected chi connectivity index (χ0v) is 11.6. The van der Waals surface area contributed by atoms with Crippen LogP contribution < -0.4 is 5.32 Å². The van der Waals surface area contributed by atoms with Gasteiger partial charge in [0.25, 0.3) is 0 Å². The van der Waals surface area contributed by atoms with Crippen molar-refractivity contribution in [3.05, 3.63) is 35.4 Å². The van der Waals surface area contributed by atoms with E-state index in [0.29, 0.717) is 5.91 Å². The Kier molecular flexibility index (Phi) is 3.31. The number of hydrogen-bond acceptors (Lipinski definition) is 2. The maximum Gasteiger partial charge on any atom is 0.223 e. The fourth-order valence-electron chi connectivity index (χ4n) is 3.52. The van der Waals surface area contributed by atoms with Crippen LogP contribution in [0.5, 0.6) is 0 Å². The molecule has 2 aliphatic heterocycles. The lowest BCUT2D eigenvalue weighted by Crippen LogP contribution is -2.52. The van der Waals surface area contributed by atoms with E-state index in [2.05, 4.69) is 41.4 Å². The Morgan fingerprint density at radius 2 is 1.84 bits per heavy atom. The Bertz CT molecular complexity index is 460. The first-order valence-electron chi connectivity index (χ1n) is 7.31. The van der Waals surface area contributed by atoms with Gasteiger partial charge in [-0.2, -0.15) is 0 Å². The molecule has 0 bridgehead atoms. The number of piperidine rings is 1. The topological polar surface area (TPSA) is 32.3 Å². The van der Waals surface area contributed by atoms with Gasteiger partial charge in [0.1, 0.15) is 0 Å². The van der Waals surface area contributed by atoms with Gasteiger partial charge in [-0.1, -0.05) is 29.8 Å². The van der Waals surface area contributed by atoms with Gasteiger partial charge in [-0.15, -0.1) is 0 Å². The van der Waals surface area contributed by atoms with E-state index in [1.165, 1.54) is 11.1 Å². The molecule has 0 unspecified atom stereocenters. The first-order valence-corrected chi connectivity index (χ1v) is 7.31. The molecule has 3 heteroatoms. The van der Waals surface area contributed by atoms with E-state index in [4.69, 9.17) is 0 Å². The minimum Gasteiger partial charge on any atom is -0.333 e. The standard InChI is InChI=1S/C16H22N2O/c1-13-4-6-14(7-5-13)16(8-10-17-11-9-16)18-12-2-3-15(18)19/h4-7,17H,2-3,8-12H2,1H3. The number of carbonyl (C=O) groups excluding carboxylic acids is 1. The molecule has 0 aromatic heterocycles. The molecule has 0 saturated carbocycles. The van der Waals surface area contributed by atoms with E-state index in [1.807, 2.05) is 0 Å². The molecule has 0 atom stereocenters. The molecule has 102 valence electrons. The van der Waals surface area contributed by atoms with E-state index in [-0.39, 0.29) is 5.54 Å². The van der Waals surface area contributed by atoms with Crippen molar-refractivity contribution in [2.75, 3.05) is 19.6 Å². The SMILES string of the molecule is Cc1ccc(C2(N3CCCC3=O)CCNCC2)cc1. The summed E-state index contributed by atoms with van der Waals surface area (Å²) in [4.78, 5) is 14.4. The lowest BCUT2D eigenvalue weighted by molar-refractivity contribution is -0.134. The van der Waals surface area contributed by atoms with Crippen LogP contribution >= 0.6 is 0 Å². The van der Waals surface area contributed by atoms with E-state index in [1.54, 1.807) is 0 Å². The molecule has 2 saturated heterocycles. The van der Waals surface area contributed by atoms with Crippen LogP contribution in [0.15, 0.2) is 24.3 Å². The number of carbonyl (C=O) groups is 1. The zero-order valence-electron chi connectivity index (χ0n) is 11.6. The third-order valence-corrected chi connectivity index (χ3v) is 4.61. The number of likely N-dealkylation sites (tertiary alicyclic amines) is 1. The van der Waals surface area contributed by atoms with Crippen molar-refractivity contribution in [2.45, 2.75) is 38.1 Å². The van der Waals surface area contributed by atoms with Gasteiger partial charge in [-0.05, 0) is 44.8 Å². The van der Waals surface area contributed by atoms with Crippen LogP contribution in [0, 0.1) is 6.92 Å². The second kappa shape index (κ2) is 4.97.